The van der Waals surface area contributed by atoms with Crippen LogP contribution in [0.3, 0.4) is 0 Å². The number of fused-ring (bicyclic) bond motifs is 1. The first kappa shape index (κ1) is 9.13. The summed E-state index contributed by atoms with van der Waals surface area (Å²) >= 11 is 13.3. The molecule has 0 fully saturated rings. The quantitative estimate of drug-likeness (QED) is 0.586. The Morgan fingerprint density at radius 2 is 2.15 bits per heavy atom. The first-order chi connectivity index (χ1) is 6.22. The van der Waals surface area contributed by atoms with E-state index in [9.17, 15) is 0 Å². The molecule has 0 aliphatic rings. The summed E-state index contributed by atoms with van der Waals surface area (Å²) in [7, 11) is 0. The van der Waals surface area contributed by atoms with E-state index in [0.29, 0.717) is 16.6 Å². The fraction of sp³-hybridized carbons (Fsp3) is 0.111. The summed E-state index contributed by atoms with van der Waals surface area (Å²) in [5.41, 5.74) is 7.42. The van der Waals surface area contributed by atoms with Crippen LogP contribution >= 0.6 is 34.5 Å². The van der Waals surface area contributed by atoms with E-state index in [4.69, 9.17) is 28.9 Å². The lowest BCUT2D eigenvalue weighted by Gasteiger charge is -1.98. The standard InChI is InChI=1S/C9H7Cl2NS/c10-3-5-4-13-9-2-7(11)8(12)1-6(5)9/h1-2,4H,3,12H2. The van der Waals surface area contributed by atoms with E-state index in [-0.39, 0.29) is 0 Å². The van der Waals surface area contributed by atoms with E-state index in [1.54, 1.807) is 11.3 Å². The van der Waals surface area contributed by atoms with Crippen molar-refractivity contribution in [1.29, 1.82) is 0 Å². The van der Waals surface area contributed by atoms with E-state index >= 15 is 0 Å². The average molecular weight is 232 g/mol. The van der Waals surface area contributed by atoms with Crippen molar-refractivity contribution in [2.24, 2.45) is 0 Å². The molecular weight excluding hydrogens is 225 g/mol. The van der Waals surface area contributed by atoms with Gasteiger partial charge in [0.05, 0.1) is 10.7 Å². The van der Waals surface area contributed by atoms with E-state index in [1.807, 2.05) is 17.5 Å². The third kappa shape index (κ3) is 1.50. The van der Waals surface area contributed by atoms with E-state index in [1.165, 1.54) is 0 Å². The molecule has 0 bridgehead atoms. The molecule has 0 radical (unpaired) electrons. The molecule has 0 spiro atoms. The van der Waals surface area contributed by atoms with Crippen LogP contribution < -0.4 is 5.73 Å². The van der Waals surface area contributed by atoms with E-state index in [0.717, 1.165) is 15.6 Å². The molecule has 1 nitrogen and oxygen atoms in total. The third-order valence-corrected chi connectivity index (χ3v) is 3.53. The van der Waals surface area contributed by atoms with Crippen molar-refractivity contribution in [3.63, 3.8) is 0 Å². The molecule has 1 heterocycles. The third-order valence-electron chi connectivity index (χ3n) is 1.92. The second-order valence-corrected chi connectivity index (χ2v) is 4.35. The van der Waals surface area contributed by atoms with E-state index in [2.05, 4.69) is 0 Å². The fourth-order valence-corrected chi connectivity index (χ4v) is 2.75. The van der Waals surface area contributed by atoms with Crippen LogP contribution in [-0.4, -0.2) is 0 Å². The molecule has 68 valence electrons. The molecule has 0 aliphatic carbocycles. The number of nitrogens with two attached hydrogens (primary N) is 1. The minimum absolute atomic E-state index is 0.515. The van der Waals surface area contributed by atoms with Gasteiger partial charge in [-0.1, -0.05) is 11.6 Å². The van der Waals surface area contributed by atoms with Gasteiger partial charge in [0.15, 0.2) is 0 Å². The second kappa shape index (κ2) is 3.37. The Balaban J connectivity index is 2.77. The molecule has 2 aromatic rings. The van der Waals surface area contributed by atoms with Gasteiger partial charge in [-0.15, -0.1) is 22.9 Å². The van der Waals surface area contributed by atoms with Crippen LogP contribution in [0.15, 0.2) is 17.5 Å². The Morgan fingerprint density at radius 3 is 2.85 bits per heavy atom. The zero-order valence-corrected chi connectivity index (χ0v) is 9.01. The van der Waals surface area contributed by atoms with Crippen LogP contribution in [0, 0.1) is 0 Å². The monoisotopic (exact) mass is 231 g/mol. The second-order valence-electron chi connectivity index (χ2n) is 2.76. The highest BCUT2D eigenvalue weighted by Crippen LogP contribution is 2.33. The lowest BCUT2D eigenvalue weighted by molar-refractivity contribution is 1.50. The number of alkyl halides is 1. The maximum atomic E-state index is 5.89. The zero-order valence-electron chi connectivity index (χ0n) is 6.68. The van der Waals surface area contributed by atoms with Crippen molar-refractivity contribution in [2.45, 2.75) is 5.88 Å². The molecule has 0 saturated heterocycles. The lowest BCUT2D eigenvalue weighted by Crippen LogP contribution is -1.85. The fourth-order valence-electron chi connectivity index (χ4n) is 1.22. The normalized spacial score (nSPS) is 10.9. The zero-order chi connectivity index (χ0) is 9.42. The first-order valence-electron chi connectivity index (χ1n) is 3.73. The van der Waals surface area contributed by atoms with Gasteiger partial charge < -0.3 is 5.73 Å². The van der Waals surface area contributed by atoms with Crippen LogP contribution in [0.5, 0.6) is 0 Å². The van der Waals surface area contributed by atoms with Crippen molar-refractivity contribution >= 4 is 50.3 Å². The summed E-state index contributed by atoms with van der Waals surface area (Å²) in [5, 5.41) is 3.75. The molecule has 4 heteroatoms. The summed E-state index contributed by atoms with van der Waals surface area (Å²) in [4.78, 5) is 0. The highest BCUT2D eigenvalue weighted by atomic mass is 35.5. The number of thiophene rings is 1. The lowest BCUT2D eigenvalue weighted by atomic mass is 10.2. The molecule has 0 atom stereocenters. The van der Waals surface area contributed by atoms with Gasteiger partial charge in [0, 0.05) is 10.6 Å². The van der Waals surface area contributed by atoms with Crippen LogP contribution in [-0.2, 0) is 5.88 Å². The van der Waals surface area contributed by atoms with Gasteiger partial charge in [-0.25, -0.2) is 0 Å². The van der Waals surface area contributed by atoms with Gasteiger partial charge in [-0.2, -0.15) is 0 Å². The van der Waals surface area contributed by atoms with Crippen molar-refractivity contribution in [3.05, 3.63) is 28.1 Å². The molecule has 0 aliphatic heterocycles. The van der Waals surface area contributed by atoms with Crippen LogP contribution in [0.2, 0.25) is 5.02 Å². The Hall–Kier alpha value is -0.440. The molecule has 0 amide bonds. The number of hydrogen-bond acceptors (Lipinski definition) is 2. The Kier molecular flexibility index (Phi) is 2.37. The molecule has 2 N–H and O–H groups in total. The largest absolute Gasteiger partial charge is 0.398 e. The van der Waals surface area contributed by atoms with Crippen LogP contribution in [0.4, 0.5) is 5.69 Å². The van der Waals surface area contributed by atoms with Gasteiger partial charge in [0.1, 0.15) is 0 Å². The SMILES string of the molecule is Nc1cc2c(CCl)csc2cc1Cl. The minimum atomic E-state index is 0.515. The minimum Gasteiger partial charge on any atom is -0.398 e. The van der Waals surface area contributed by atoms with Gasteiger partial charge in [0.25, 0.3) is 0 Å². The van der Waals surface area contributed by atoms with Crippen molar-refractivity contribution in [2.75, 3.05) is 5.73 Å². The van der Waals surface area contributed by atoms with Crippen LogP contribution in [0.25, 0.3) is 10.1 Å². The summed E-state index contributed by atoms with van der Waals surface area (Å²) in [5.74, 6) is 0.515. The number of rotatable bonds is 1. The van der Waals surface area contributed by atoms with Gasteiger partial charge in [0.2, 0.25) is 0 Å². The Labute approximate surface area is 90.1 Å². The Bertz CT molecular complexity index is 450. The highest BCUT2D eigenvalue weighted by Gasteiger charge is 2.05. The summed E-state index contributed by atoms with van der Waals surface area (Å²) in [6, 6.07) is 3.76. The Morgan fingerprint density at radius 1 is 1.38 bits per heavy atom. The number of halogens is 2. The first-order valence-corrected chi connectivity index (χ1v) is 5.52. The summed E-state index contributed by atoms with van der Waals surface area (Å²) < 4.78 is 1.13. The molecule has 1 aromatic heterocycles. The van der Waals surface area contributed by atoms with E-state index < -0.39 is 0 Å². The number of benzene rings is 1. The van der Waals surface area contributed by atoms with Crippen molar-refractivity contribution in [3.8, 4) is 0 Å². The summed E-state index contributed by atoms with van der Waals surface area (Å²) in [6.07, 6.45) is 0. The predicted octanol–water partition coefficient (Wildman–Crippen LogP) is 3.88. The highest BCUT2D eigenvalue weighted by molar-refractivity contribution is 7.17. The molecular formula is C9H7Cl2NS. The predicted molar refractivity (Wildman–Crippen MR) is 60.8 cm³/mol. The molecule has 0 unspecified atom stereocenters. The molecule has 1 aromatic carbocycles. The number of anilines is 1. The number of hydrogen-bond donors (Lipinski definition) is 1. The number of nitrogen functional groups attached to an aromatic ring is 1. The smallest absolute Gasteiger partial charge is 0.0649 e. The van der Waals surface area contributed by atoms with Crippen molar-refractivity contribution in [1.82, 2.24) is 0 Å². The maximum Gasteiger partial charge on any atom is 0.0649 e. The molecule has 0 saturated carbocycles. The topological polar surface area (TPSA) is 26.0 Å². The van der Waals surface area contributed by atoms with Gasteiger partial charge in [-0.05, 0) is 28.5 Å². The van der Waals surface area contributed by atoms with Gasteiger partial charge >= 0.3 is 0 Å². The molecule has 2 rings (SSSR count). The summed E-state index contributed by atoms with van der Waals surface area (Å²) in [6.45, 7) is 0. The average Bonchev–Trinajstić information content (AvgIpc) is 2.48. The van der Waals surface area contributed by atoms with Gasteiger partial charge in [-0.3, -0.25) is 0 Å². The maximum absolute atomic E-state index is 5.89. The van der Waals surface area contributed by atoms with Crippen LogP contribution in [0.1, 0.15) is 5.56 Å². The van der Waals surface area contributed by atoms with Crippen molar-refractivity contribution < 1.29 is 0 Å². The molecule has 13 heavy (non-hydrogen) atoms.